The van der Waals surface area contributed by atoms with E-state index in [-0.39, 0.29) is 0 Å². The number of hydrogen-bond acceptors (Lipinski definition) is 3. The summed E-state index contributed by atoms with van der Waals surface area (Å²) in [6, 6.07) is 9.13. The highest BCUT2D eigenvalue weighted by molar-refractivity contribution is 9.10. The second-order valence-electron chi connectivity index (χ2n) is 5.23. The van der Waals surface area contributed by atoms with Crippen molar-refractivity contribution in [2.24, 2.45) is 0 Å². The molecular formula is C16H16BrFN2O3S. The maximum Gasteiger partial charge on any atom is 0.244 e. The van der Waals surface area contributed by atoms with E-state index in [1.807, 2.05) is 6.92 Å². The predicted octanol–water partition coefficient (Wildman–Crippen LogP) is 3.20. The molecule has 0 radical (unpaired) electrons. The van der Waals surface area contributed by atoms with Crippen molar-refractivity contribution in [2.75, 3.05) is 5.32 Å². The van der Waals surface area contributed by atoms with E-state index < -0.39 is 32.7 Å². The highest BCUT2D eigenvalue weighted by Gasteiger charge is 2.24. The van der Waals surface area contributed by atoms with Crippen LogP contribution in [0.15, 0.2) is 51.8 Å². The number of carbonyl (C=O) groups is 1. The van der Waals surface area contributed by atoms with Gasteiger partial charge >= 0.3 is 0 Å². The molecule has 5 nitrogen and oxygen atoms in total. The average Bonchev–Trinajstić information content (AvgIpc) is 2.50. The third-order valence-electron chi connectivity index (χ3n) is 3.28. The molecule has 8 heteroatoms. The van der Waals surface area contributed by atoms with E-state index in [0.29, 0.717) is 5.69 Å². The first-order chi connectivity index (χ1) is 11.2. The van der Waals surface area contributed by atoms with Gasteiger partial charge in [0.1, 0.15) is 10.7 Å². The zero-order valence-corrected chi connectivity index (χ0v) is 15.4. The van der Waals surface area contributed by atoms with Gasteiger partial charge in [0.15, 0.2) is 0 Å². The van der Waals surface area contributed by atoms with Crippen molar-refractivity contribution >= 4 is 37.5 Å². The van der Waals surface area contributed by atoms with Gasteiger partial charge < -0.3 is 5.32 Å². The maximum absolute atomic E-state index is 13.6. The Labute approximate surface area is 148 Å². The SMILES string of the molecule is Cc1cc(NC(=O)[C@@H](C)NS(=O)(=O)c2ccccc2F)ccc1Br. The third kappa shape index (κ3) is 4.40. The topological polar surface area (TPSA) is 75.3 Å². The molecule has 24 heavy (non-hydrogen) atoms. The lowest BCUT2D eigenvalue weighted by atomic mass is 10.2. The summed E-state index contributed by atoms with van der Waals surface area (Å²) in [5.41, 5.74) is 1.46. The van der Waals surface area contributed by atoms with Crippen LogP contribution in [0.5, 0.6) is 0 Å². The standard InChI is InChI=1S/C16H16BrFN2O3S/c1-10-9-12(7-8-13(10)17)19-16(21)11(2)20-24(22,23)15-6-4-3-5-14(15)18/h3-9,11,20H,1-2H3,(H,19,21)/t11-/m1/s1. The van der Waals surface area contributed by atoms with E-state index >= 15 is 0 Å². The van der Waals surface area contributed by atoms with Crippen LogP contribution < -0.4 is 10.0 Å². The third-order valence-corrected chi connectivity index (χ3v) is 5.74. The van der Waals surface area contributed by atoms with Gasteiger partial charge in [0.05, 0.1) is 6.04 Å². The van der Waals surface area contributed by atoms with Crippen molar-refractivity contribution in [1.82, 2.24) is 4.72 Å². The molecule has 0 saturated heterocycles. The van der Waals surface area contributed by atoms with Gasteiger partial charge in [-0.05, 0) is 49.7 Å². The lowest BCUT2D eigenvalue weighted by molar-refractivity contribution is -0.117. The first-order valence-corrected chi connectivity index (χ1v) is 9.32. The second-order valence-corrected chi connectivity index (χ2v) is 7.76. The van der Waals surface area contributed by atoms with Crippen molar-refractivity contribution in [1.29, 1.82) is 0 Å². The molecule has 0 aromatic heterocycles. The van der Waals surface area contributed by atoms with Gasteiger partial charge in [-0.1, -0.05) is 28.1 Å². The number of sulfonamides is 1. The molecule has 0 unspecified atom stereocenters. The van der Waals surface area contributed by atoms with Gasteiger partial charge in [0, 0.05) is 10.2 Å². The molecule has 2 rings (SSSR count). The summed E-state index contributed by atoms with van der Waals surface area (Å²) in [4.78, 5) is 11.7. The van der Waals surface area contributed by atoms with Crippen LogP contribution in [0.4, 0.5) is 10.1 Å². The lowest BCUT2D eigenvalue weighted by Crippen LogP contribution is -2.41. The molecule has 0 aliphatic carbocycles. The Kier molecular flexibility index (Phi) is 5.74. The number of carbonyl (C=O) groups excluding carboxylic acids is 1. The van der Waals surface area contributed by atoms with Crippen LogP contribution in [0.2, 0.25) is 0 Å². The molecule has 2 aromatic carbocycles. The van der Waals surface area contributed by atoms with Crippen molar-refractivity contribution < 1.29 is 17.6 Å². The van der Waals surface area contributed by atoms with E-state index in [1.165, 1.54) is 19.1 Å². The Bertz CT molecular complexity index is 871. The minimum atomic E-state index is -4.14. The summed E-state index contributed by atoms with van der Waals surface area (Å²) < 4.78 is 41.1. The molecule has 0 bridgehead atoms. The summed E-state index contributed by atoms with van der Waals surface area (Å²) in [5, 5.41) is 2.62. The number of benzene rings is 2. The summed E-state index contributed by atoms with van der Waals surface area (Å²) in [6.45, 7) is 3.25. The van der Waals surface area contributed by atoms with Crippen LogP contribution in [0.1, 0.15) is 12.5 Å². The Balaban J connectivity index is 2.11. The summed E-state index contributed by atoms with van der Waals surface area (Å²) in [6.07, 6.45) is 0. The average molecular weight is 415 g/mol. The molecule has 0 fully saturated rings. The van der Waals surface area contributed by atoms with Gasteiger partial charge in [-0.15, -0.1) is 0 Å². The van der Waals surface area contributed by atoms with Crippen molar-refractivity contribution in [3.63, 3.8) is 0 Å². The van der Waals surface area contributed by atoms with Gasteiger partial charge in [0.2, 0.25) is 15.9 Å². The molecule has 0 spiro atoms. The quantitative estimate of drug-likeness (QED) is 0.788. The van der Waals surface area contributed by atoms with Gasteiger partial charge in [0.25, 0.3) is 0 Å². The zero-order valence-electron chi connectivity index (χ0n) is 13.0. The molecule has 0 aliphatic rings. The lowest BCUT2D eigenvalue weighted by Gasteiger charge is -2.15. The number of anilines is 1. The van der Waals surface area contributed by atoms with E-state index in [1.54, 1.807) is 18.2 Å². The Morgan fingerprint density at radius 1 is 1.21 bits per heavy atom. The molecule has 1 atom stereocenters. The first kappa shape index (κ1) is 18.6. The Morgan fingerprint density at radius 2 is 1.88 bits per heavy atom. The van der Waals surface area contributed by atoms with E-state index in [9.17, 15) is 17.6 Å². The largest absolute Gasteiger partial charge is 0.325 e. The van der Waals surface area contributed by atoms with E-state index in [0.717, 1.165) is 22.2 Å². The van der Waals surface area contributed by atoms with Crippen molar-refractivity contribution in [3.8, 4) is 0 Å². The Hall–Kier alpha value is -1.77. The highest BCUT2D eigenvalue weighted by atomic mass is 79.9. The maximum atomic E-state index is 13.6. The molecule has 0 saturated carbocycles. The highest BCUT2D eigenvalue weighted by Crippen LogP contribution is 2.20. The Morgan fingerprint density at radius 3 is 2.50 bits per heavy atom. The second kappa shape index (κ2) is 7.42. The normalized spacial score (nSPS) is 12.7. The van der Waals surface area contributed by atoms with Gasteiger partial charge in [-0.2, -0.15) is 4.72 Å². The van der Waals surface area contributed by atoms with Crippen LogP contribution >= 0.6 is 15.9 Å². The number of aryl methyl sites for hydroxylation is 1. The van der Waals surface area contributed by atoms with Crippen LogP contribution in [0.3, 0.4) is 0 Å². The number of nitrogens with one attached hydrogen (secondary N) is 2. The fourth-order valence-corrected chi connectivity index (χ4v) is 3.51. The monoisotopic (exact) mass is 414 g/mol. The predicted molar refractivity (Wildman–Crippen MR) is 93.7 cm³/mol. The fraction of sp³-hybridized carbons (Fsp3) is 0.188. The van der Waals surface area contributed by atoms with Crippen LogP contribution in [-0.2, 0) is 14.8 Å². The van der Waals surface area contributed by atoms with Crippen LogP contribution in [0.25, 0.3) is 0 Å². The molecule has 0 heterocycles. The van der Waals surface area contributed by atoms with Gasteiger partial charge in [-0.3, -0.25) is 4.79 Å². The summed E-state index contributed by atoms with van der Waals surface area (Å²) in [5.74, 6) is -1.42. The zero-order chi connectivity index (χ0) is 17.9. The number of amides is 1. The smallest absolute Gasteiger partial charge is 0.244 e. The number of halogens is 2. The molecule has 2 N–H and O–H groups in total. The number of hydrogen-bond donors (Lipinski definition) is 2. The van der Waals surface area contributed by atoms with Crippen LogP contribution in [-0.4, -0.2) is 20.4 Å². The molecule has 0 aliphatic heterocycles. The van der Waals surface area contributed by atoms with Crippen molar-refractivity contribution in [2.45, 2.75) is 24.8 Å². The molecular weight excluding hydrogens is 399 g/mol. The summed E-state index contributed by atoms with van der Waals surface area (Å²) in [7, 11) is -4.14. The minimum absolute atomic E-state index is 0.496. The van der Waals surface area contributed by atoms with Crippen molar-refractivity contribution in [3.05, 3.63) is 58.3 Å². The fourth-order valence-electron chi connectivity index (χ4n) is 1.99. The van der Waals surface area contributed by atoms with E-state index in [4.69, 9.17) is 0 Å². The molecule has 2 aromatic rings. The van der Waals surface area contributed by atoms with Gasteiger partial charge in [-0.25, -0.2) is 12.8 Å². The molecule has 128 valence electrons. The molecule has 1 amide bonds. The first-order valence-electron chi connectivity index (χ1n) is 7.04. The minimum Gasteiger partial charge on any atom is -0.325 e. The van der Waals surface area contributed by atoms with E-state index in [2.05, 4.69) is 26.0 Å². The summed E-state index contributed by atoms with van der Waals surface area (Å²) >= 11 is 3.36. The number of rotatable bonds is 5. The van der Waals surface area contributed by atoms with Crippen LogP contribution in [0, 0.1) is 12.7 Å².